The van der Waals surface area contributed by atoms with Crippen molar-refractivity contribution in [3.8, 4) is 11.9 Å². The number of hydrogen-bond donors (Lipinski definition) is 0. The van der Waals surface area contributed by atoms with Crippen molar-refractivity contribution in [1.82, 2.24) is 10.2 Å². The molecule has 0 saturated heterocycles. The van der Waals surface area contributed by atoms with Gasteiger partial charge in [-0.15, -0.1) is 11.7 Å². The van der Waals surface area contributed by atoms with Crippen LogP contribution in [0.5, 0.6) is 5.88 Å². The first-order valence-electron chi connectivity index (χ1n) is 5.80. The molecule has 1 aromatic heterocycles. The summed E-state index contributed by atoms with van der Waals surface area (Å²) >= 11 is 0. The number of rotatable bonds is 6. The van der Waals surface area contributed by atoms with Gasteiger partial charge in [-0.25, -0.2) is 0 Å². The van der Waals surface area contributed by atoms with Gasteiger partial charge in [0.2, 0.25) is 0 Å². The van der Waals surface area contributed by atoms with Crippen LogP contribution < -0.4 is 4.74 Å². The van der Waals surface area contributed by atoms with Crippen LogP contribution in [-0.2, 0) is 12.8 Å². The zero-order chi connectivity index (χ0) is 12.7. The molecule has 17 heavy (non-hydrogen) atoms. The molecule has 0 aliphatic carbocycles. The molecule has 0 aliphatic rings. The van der Waals surface area contributed by atoms with Crippen LogP contribution in [0.4, 0.5) is 0 Å². The van der Waals surface area contributed by atoms with Crippen molar-refractivity contribution >= 4 is 0 Å². The number of hydrogen-bond acceptors (Lipinski definition) is 4. The van der Waals surface area contributed by atoms with E-state index in [4.69, 9.17) is 4.74 Å². The Morgan fingerprint density at radius 3 is 2.65 bits per heavy atom. The molecule has 0 spiro atoms. The molecule has 0 aromatic carbocycles. The Balaban J connectivity index is 3.06. The monoisotopic (exact) mass is 231 g/mol. The lowest BCUT2D eigenvalue weighted by Crippen LogP contribution is -2.07. The normalized spacial score (nSPS) is 9.71. The van der Waals surface area contributed by atoms with E-state index >= 15 is 0 Å². The van der Waals surface area contributed by atoms with Crippen molar-refractivity contribution in [2.45, 2.75) is 33.1 Å². The molecule has 90 valence electrons. The van der Waals surface area contributed by atoms with Crippen molar-refractivity contribution in [2.24, 2.45) is 0 Å². The van der Waals surface area contributed by atoms with E-state index in [0.717, 1.165) is 30.5 Å². The summed E-state index contributed by atoms with van der Waals surface area (Å²) in [5, 5.41) is 17.3. The summed E-state index contributed by atoms with van der Waals surface area (Å²) < 4.78 is 5.44. The lowest BCUT2D eigenvalue weighted by Gasteiger charge is -2.10. The molecule has 0 amide bonds. The minimum atomic E-state index is 0.336. The quantitative estimate of drug-likeness (QED) is 0.557. The van der Waals surface area contributed by atoms with Crippen LogP contribution in [-0.4, -0.2) is 16.8 Å². The van der Waals surface area contributed by atoms with Crippen LogP contribution >= 0.6 is 0 Å². The largest absolute Gasteiger partial charge is 0.475 e. The Morgan fingerprint density at radius 2 is 2.12 bits per heavy atom. The predicted molar refractivity (Wildman–Crippen MR) is 65.8 cm³/mol. The fourth-order valence-corrected chi connectivity index (χ4v) is 1.61. The maximum absolute atomic E-state index is 9.19. The SMILES string of the molecule is C=CCCOc1nnc(CC)c(CC)c1C#N. The van der Waals surface area contributed by atoms with E-state index in [2.05, 4.69) is 22.8 Å². The summed E-state index contributed by atoms with van der Waals surface area (Å²) in [6.07, 6.45) is 4.03. The first-order valence-corrected chi connectivity index (χ1v) is 5.80. The highest BCUT2D eigenvalue weighted by Crippen LogP contribution is 2.21. The summed E-state index contributed by atoms with van der Waals surface area (Å²) in [4.78, 5) is 0. The molecule has 0 bridgehead atoms. The average molecular weight is 231 g/mol. The Bertz CT molecular complexity index is 435. The summed E-state index contributed by atoms with van der Waals surface area (Å²) in [6, 6.07) is 2.16. The third kappa shape index (κ3) is 3.04. The minimum Gasteiger partial charge on any atom is -0.475 e. The third-order valence-electron chi connectivity index (χ3n) is 2.49. The Hall–Kier alpha value is -1.89. The highest BCUT2D eigenvalue weighted by Gasteiger charge is 2.14. The topological polar surface area (TPSA) is 58.8 Å². The van der Waals surface area contributed by atoms with Crippen LogP contribution in [0.25, 0.3) is 0 Å². The molecule has 0 radical (unpaired) electrons. The molecule has 0 saturated carbocycles. The lowest BCUT2D eigenvalue weighted by molar-refractivity contribution is 0.306. The standard InChI is InChI=1S/C13H17N3O/c1-4-7-8-17-13-11(9-14)10(5-2)12(6-3)15-16-13/h4H,1,5-8H2,2-3H3. The summed E-state index contributed by atoms with van der Waals surface area (Å²) in [5.41, 5.74) is 2.34. The van der Waals surface area contributed by atoms with Gasteiger partial charge >= 0.3 is 0 Å². The number of nitrogens with zero attached hydrogens (tertiary/aromatic N) is 3. The number of aryl methyl sites for hydroxylation is 1. The van der Waals surface area contributed by atoms with Gasteiger partial charge in [0, 0.05) is 0 Å². The third-order valence-corrected chi connectivity index (χ3v) is 2.49. The minimum absolute atomic E-state index is 0.336. The Kier molecular flexibility index (Phi) is 5.15. The van der Waals surface area contributed by atoms with E-state index in [1.807, 2.05) is 13.8 Å². The van der Waals surface area contributed by atoms with Crippen molar-refractivity contribution in [3.05, 3.63) is 29.5 Å². The molecule has 1 rings (SSSR count). The fraction of sp³-hybridized carbons (Fsp3) is 0.462. The van der Waals surface area contributed by atoms with Gasteiger partial charge in [0.15, 0.2) is 0 Å². The molecule has 0 unspecified atom stereocenters. The highest BCUT2D eigenvalue weighted by molar-refractivity contribution is 5.46. The summed E-state index contributed by atoms with van der Waals surface area (Å²) in [7, 11) is 0. The smallest absolute Gasteiger partial charge is 0.251 e. The molecule has 0 atom stereocenters. The van der Waals surface area contributed by atoms with Gasteiger partial charge < -0.3 is 4.74 Å². The Morgan fingerprint density at radius 1 is 1.35 bits per heavy atom. The summed E-state index contributed by atoms with van der Waals surface area (Å²) in [6.45, 7) is 8.10. The predicted octanol–water partition coefficient (Wildman–Crippen LogP) is 2.43. The number of ether oxygens (including phenoxy) is 1. The average Bonchev–Trinajstić information content (AvgIpc) is 2.38. The van der Waals surface area contributed by atoms with Crippen molar-refractivity contribution in [2.75, 3.05) is 6.61 Å². The second-order valence-corrected chi connectivity index (χ2v) is 3.55. The maximum Gasteiger partial charge on any atom is 0.251 e. The van der Waals surface area contributed by atoms with Crippen molar-refractivity contribution in [3.63, 3.8) is 0 Å². The molecule has 4 nitrogen and oxygen atoms in total. The van der Waals surface area contributed by atoms with E-state index in [-0.39, 0.29) is 0 Å². The first kappa shape index (κ1) is 13.2. The molecule has 0 fully saturated rings. The zero-order valence-corrected chi connectivity index (χ0v) is 10.4. The zero-order valence-electron chi connectivity index (χ0n) is 10.4. The molecule has 4 heteroatoms. The molecular weight excluding hydrogens is 214 g/mol. The fourth-order valence-electron chi connectivity index (χ4n) is 1.61. The second-order valence-electron chi connectivity index (χ2n) is 3.55. The first-order chi connectivity index (χ1) is 8.28. The van der Waals surface area contributed by atoms with Crippen molar-refractivity contribution < 1.29 is 4.74 Å². The lowest BCUT2D eigenvalue weighted by atomic mass is 10.0. The van der Waals surface area contributed by atoms with E-state index in [1.165, 1.54) is 0 Å². The van der Waals surface area contributed by atoms with Gasteiger partial charge in [-0.1, -0.05) is 19.9 Å². The van der Waals surface area contributed by atoms with Crippen LogP contribution in [0, 0.1) is 11.3 Å². The molecule has 1 heterocycles. The van der Waals surface area contributed by atoms with E-state index < -0.39 is 0 Å². The van der Waals surface area contributed by atoms with Gasteiger partial charge in [-0.3, -0.25) is 0 Å². The van der Waals surface area contributed by atoms with E-state index in [1.54, 1.807) is 6.08 Å². The molecule has 0 N–H and O–H groups in total. The van der Waals surface area contributed by atoms with Crippen molar-refractivity contribution in [1.29, 1.82) is 5.26 Å². The van der Waals surface area contributed by atoms with Gasteiger partial charge in [-0.2, -0.15) is 10.4 Å². The van der Waals surface area contributed by atoms with Gasteiger partial charge in [0.05, 0.1) is 12.3 Å². The molecular formula is C13H17N3O. The van der Waals surface area contributed by atoms with Crippen LogP contribution in [0.3, 0.4) is 0 Å². The van der Waals surface area contributed by atoms with Crippen LogP contribution in [0.2, 0.25) is 0 Å². The second kappa shape index (κ2) is 6.64. The summed E-state index contributed by atoms with van der Waals surface area (Å²) in [5.74, 6) is 0.336. The van der Waals surface area contributed by atoms with E-state index in [0.29, 0.717) is 18.1 Å². The molecule has 1 aromatic rings. The van der Waals surface area contributed by atoms with Gasteiger partial charge in [0.1, 0.15) is 11.6 Å². The van der Waals surface area contributed by atoms with Crippen LogP contribution in [0.15, 0.2) is 12.7 Å². The number of aromatic nitrogens is 2. The number of nitriles is 1. The maximum atomic E-state index is 9.19. The van der Waals surface area contributed by atoms with Crippen LogP contribution in [0.1, 0.15) is 37.1 Å². The molecule has 0 aliphatic heterocycles. The highest BCUT2D eigenvalue weighted by atomic mass is 16.5. The van der Waals surface area contributed by atoms with Gasteiger partial charge in [-0.05, 0) is 24.8 Å². The van der Waals surface area contributed by atoms with E-state index in [9.17, 15) is 5.26 Å². The van der Waals surface area contributed by atoms with Gasteiger partial charge in [0.25, 0.3) is 5.88 Å². The Labute approximate surface area is 102 Å².